The molecule has 1 fully saturated rings. The van der Waals surface area contributed by atoms with E-state index in [0.29, 0.717) is 0 Å². The van der Waals surface area contributed by atoms with Gasteiger partial charge in [-0.2, -0.15) is 30.9 Å². The van der Waals surface area contributed by atoms with Crippen molar-refractivity contribution in [3.05, 3.63) is 29.8 Å². The van der Waals surface area contributed by atoms with Crippen molar-refractivity contribution in [3.8, 4) is 0 Å². The lowest BCUT2D eigenvalue weighted by Gasteiger charge is -2.32. The Kier molecular flexibility index (Phi) is 4.57. The minimum atomic E-state index is -4.56. The second-order valence-corrected chi connectivity index (χ2v) is 6.16. The van der Waals surface area contributed by atoms with Crippen LogP contribution in [0.3, 0.4) is 0 Å². The van der Waals surface area contributed by atoms with E-state index in [1.165, 1.54) is 12.1 Å². The van der Waals surface area contributed by atoms with E-state index in [1.807, 2.05) is 0 Å². The summed E-state index contributed by atoms with van der Waals surface area (Å²) in [6.45, 7) is 0.785. The van der Waals surface area contributed by atoms with Crippen LogP contribution in [0.2, 0.25) is 0 Å². The molecule has 1 atom stereocenters. The molecule has 0 spiro atoms. The Morgan fingerprint density at radius 1 is 1.29 bits per heavy atom. The van der Waals surface area contributed by atoms with Crippen LogP contribution < -0.4 is 0 Å². The third-order valence-electron chi connectivity index (χ3n) is 2.91. The third kappa shape index (κ3) is 4.16. The highest BCUT2D eigenvalue weighted by Crippen LogP contribution is 2.26. The Bertz CT molecular complexity index is 586. The first-order valence-corrected chi connectivity index (χ1v) is 7.54. The summed E-state index contributed by atoms with van der Waals surface area (Å²) < 4.78 is 71.0. The van der Waals surface area contributed by atoms with Gasteiger partial charge in [-0.15, -0.1) is 0 Å². The molecule has 0 saturated carbocycles. The van der Waals surface area contributed by atoms with Crippen molar-refractivity contribution in [2.24, 2.45) is 0 Å². The Balaban J connectivity index is 2.08. The first kappa shape index (κ1) is 16.2. The molecule has 9 heteroatoms. The maximum Gasteiger partial charge on any atom is 0.415 e. The molecule has 0 aromatic heterocycles. The van der Waals surface area contributed by atoms with Crippen LogP contribution in [-0.2, 0) is 19.1 Å². The Labute approximate surface area is 120 Å². The average Bonchev–Trinajstić information content (AvgIpc) is 2.38. The maximum atomic E-state index is 12.6. The number of hydroxylamine groups is 2. The predicted octanol–water partition coefficient (Wildman–Crippen LogP) is 1.88. The molecule has 1 heterocycles. The van der Waals surface area contributed by atoms with Gasteiger partial charge in [0, 0.05) is 6.54 Å². The molecule has 0 bridgehead atoms. The number of hydrogen-bond donors (Lipinski definition) is 0. The summed E-state index contributed by atoms with van der Waals surface area (Å²) in [5, 5.41) is 0.761. The lowest BCUT2D eigenvalue weighted by molar-refractivity contribution is -0.261. The molecule has 0 amide bonds. The quantitative estimate of drug-likeness (QED) is 0.849. The third-order valence-corrected chi connectivity index (χ3v) is 4.16. The number of morpholine rings is 1. The first-order valence-electron chi connectivity index (χ1n) is 6.13. The van der Waals surface area contributed by atoms with Crippen LogP contribution in [0.4, 0.5) is 13.2 Å². The van der Waals surface area contributed by atoms with Gasteiger partial charge in [0.15, 0.2) is 6.10 Å². The van der Waals surface area contributed by atoms with Gasteiger partial charge in [0.05, 0.1) is 18.0 Å². The summed E-state index contributed by atoms with van der Waals surface area (Å²) in [4.78, 5) is -0.108. The number of benzene rings is 1. The largest absolute Gasteiger partial charge is 0.415 e. The zero-order valence-electron chi connectivity index (χ0n) is 11.1. The standard InChI is InChI=1S/C12H14F3NO4S/c1-9-2-4-10(5-3-9)21(17,18)20-16-6-7-19-11(8-16)12(13,14)15/h2-5,11H,6-8H2,1H3. The van der Waals surface area contributed by atoms with Gasteiger partial charge >= 0.3 is 16.3 Å². The maximum absolute atomic E-state index is 12.6. The molecular formula is C12H14F3NO4S. The summed E-state index contributed by atoms with van der Waals surface area (Å²) in [6, 6.07) is 5.83. The van der Waals surface area contributed by atoms with E-state index < -0.39 is 28.9 Å². The zero-order chi connectivity index (χ0) is 15.7. The second kappa shape index (κ2) is 5.91. The number of aryl methyl sites for hydroxylation is 1. The minimum absolute atomic E-state index is 0.0579. The van der Waals surface area contributed by atoms with Crippen molar-refractivity contribution < 1.29 is 30.6 Å². The average molecular weight is 325 g/mol. The highest BCUT2D eigenvalue weighted by atomic mass is 32.2. The molecule has 1 aromatic rings. The van der Waals surface area contributed by atoms with Gasteiger partial charge in [-0.3, -0.25) is 0 Å². The summed E-state index contributed by atoms with van der Waals surface area (Å²) in [5.74, 6) is 0. The van der Waals surface area contributed by atoms with E-state index in [1.54, 1.807) is 19.1 Å². The van der Waals surface area contributed by atoms with E-state index in [4.69, 9.17) is 4.28 Å². The van der Waals surface area contributed by atoms with Crippen molar-refractivity contribution >= 4 is 10.1 Å². The van der Waals surface area contributed by atoms with Crippen molar-refractivity contribution in [2.75, 3.05) is 19.7 Å². The summed E-state index contributed by atoms with van der Waals surface area (Å²) in [6.07, 6.45) is -6.62. The number of halogens is 3. The fraction of sp³-hybridized carbons (Fsp3) is 0.500. The molecule has 0 aliphatic carbocycles. The van der Waals surface area contributed by atoms with Crippen molar-refractivity contribution in [1.82, 2.24) is 5.06 Å². The van der Waals surface area contributed by atoms with Gasteiger partial charge in [0.25, 0.3) is 0 Å². The number of nitrogens with zero attached hydrogens (tertiary/aromatic N) is 1. The molecule has 1 saturated heterocycles. The van der Waals surface area contributed by atoms with Crippen LogP contribution in [0.15, 0.2) is 29.2 Å². The number of alkyl halides is 3. The molecule has 5 nitrogen and oxygen atoms in total. The van der Waals surface area contributed by atoms with Gasteiger partial charge in [0.1, 0.15) is 0 Å². The minimum Gasteiger partial charge on any atom is -0.366 e. The van der Waals surface area contributed by atoms with E-state index in [2.05, 4.69) is 4.74 Å². The van der Waals surface area contributed by atoms with Gasteiger partial charge in [-0.05, 0) is 19.1 Å². The fourth-order valence-electron chi connectivity index (χ4n) is 1.78. The SMILES string of the molecule is Cc1ccc(S(=O)(=O)ON2CCOC(C(F)(F)F)C2)cc1. The van der Waals surface area contributed by atoms with Gasteiger partial charge < -0.3 is 4.74 Å². The summed E-state index contributed by atoms with van der Waals surface area (Å²) in [5.41, 5.74) is 0.859. The van der Waals surface area contributed by atoms with E-state index in [-0.39, 0.29) is 18.0 Å². The number of hydrogen-bond acceptors (Lipinski definition) is 5. The van der Waals surface area contributed by atoms with E-state index >= 15 is 0 Å². The molecule has 1 aliphatic heterocycles. The monoisotopic (exact) mass is 325 g/mol. The van der Waals surface area contributed by atoms with Crippen molar-refractivity contribution in [3.63, 3.8) is 0 Å². The number of ether oxygens (including phenoxy) is 1. The molecule has 0 N–H and O–H groups in total. The molecule has 1 unspecified atom stereocenters. The molecule has 2 rings (SSSR count). The molecule has 1 aliphatic rings. The topological polar surface area (TPSA) is 55.8 Å². The normalized spacial score (nSPS) is 21.4. The highest BCUT2D eigenvalue weighted by molar-refractivity contribution is 7.86. The van der Waals surface area contributed by atoms with Crippen LogP contribution in [0.5, 0.6) is 0 Å². The molecule has 0 radical (unpaired) electrons. The Morgan fingerprint density at radius 3 is 2.48 bits per heavy atom. The molecule has 1 aromatic carbocycles. The van der Waals surface area contributed by atoms with Gasteiger partial charge in [0.2, 0.25) is 0 Å². The first-order chi connectivity index (χ1) is 9.68. The number of rotatable bonds is 3. The van der Waals surface area contributed by atoms with Crippen LogP contribution in [0.25, 0.3) is 0 Å². The van der Waals surface area contributed by atoms with Gasteiger partial charge in [-0.25, -0.2) is 0 Å². The van der Waals surface area contributed by atoms with E-state index in [9.17, 15) is 21.6 Å². The van der Waals surface area contributed by atoms with Crippen molar-refractivity contribution in [2.45, 2.75) is 24.1 Å². The molecule has 21 heavy (non-hydrogen) atoms. The smallest absolute Gasteiger partial charge is 0.366 e. The van der Waals surface area contributed by atoms with Crippen LogP contribution >= 0.6 is 0 Å². The fourth-order valence-corrected chi connectivity index (χ4v) is 2.75. The van der Waals surface area contributed by atoms with Crippen LogP contribution in [-0.4, -0.2) is 45.5 Å². The Hall–Kier alpha value is -1.16. The van der Waals surface area contributed by atoms with E-state index in [0.717, 1.165) is 10.6 Å². The summed E-state index contributed by atoms with van der Waals surface area (Å²) >= 11 is 0. The predicted molar refractivity (Wildman–Crippen MR) is 66.8 cm³/mol. The van der Waals surface area contributed by atoms with Crippen molar-refractivity contribution in [1.29, 1.82) is 0 Å². The zero-order valence-corrected chi connectivity index (χ0v) is 11.9. The second-order valence-electron chi connectivity index (χ2n) is 4.63. The van der Waals surface area contributed by atoms with Crippen LogP contribution in [0, 0.1) is 6.92 Å². The van der Waals surface area contributed by atoms with Gasteiger partial charge in [-0.1, -0.05) is 17.7 Å². The Morgan fingerprint density at radius 2 is 1.90 bits per heavy atom. The molecular weight excluding hydrogens is 311 g/mol. The lowest BCUT2D eigenvalue weighted by atomic mass is 10.2. The molecule has 118 valence electrons. The summed E-state index contributed by atoms with van der Waals surface area (Å²) in [7, 11) is -4.14. The van der Waals surface area contributed by atoms with Crippen LogP contribution in [0.1, 0.15) is 5.56 Å². The highest BCUT2D eigenvalue weighted by Gasteiger charge is 2.44. The lowest BCUT2D eigenvalue weighted by Crippen LogP contribution is -2.49.